The first-order valence-electron chi connectivity index (χ1n) is 8.08. The number of methoxy groups -OCH3 is 1. The van der Waals surface area contributed by atoms with E-state index in [2.05, 4.69) is 41.2 Å². The van der Waals surface area contributed by atoms with Gasteiger partial charge in [0.15, 0.2) is 0 Å². The van der Waals surface area contributed by atoms with E-state index in [9.17, 15) is 4.79 Å². The van der Waals surface area contributed by atoms with E-state index in [4.69, 9.17) is 10.5 Å². The van der Waals surface area contributed by atoms with Crippen molar-refractivity contribution in [2.75, 3.05) is 20.3 Å². The lowest BCUT2D eigenvalue weighted by atomic mass is 9.86. The molecule has 0 saturated heterocycles. The largest absolute Gasteiger partial charge is 0.385 e. The van der Waals surface area contributed by atoms with Gasteiger partial charge in [0.25, 0.3) is 0 Å². The zero-order chi connectivity index (χ0) is 17.5. The Morgan fingerprint density at radius 3 is 2.58 bits per heavy atom. The topological polar surface area (TPSA) is 64.3 Å². The summed E-state index contributed by atoms with van der Waals surface area (Å²) in [5.74, 6) is 0.183. The Hall–Kier alpha value is -0.620. The number of amides is 1. The molecule has 2 unspecified atom stereocenters. The Bertz CT molecular complexity index is 514. The van der Waals surface area contributed by atoms with Crippen LogP contribution in [0.15, 0.2) is 28.7 Å². The molecule has 1 aromatic rings. The minimum absolute atomic E-state index is 0. The smallest absolute Gasteiger partial charge is 0.224 e. The Morgan fingerprint density at radius 1 is 1.42 bits per heavy atom. The molecule has 4 nitrogen and oxygen atoms in total. The molecule has 0 aliphatic rings. The van der Waals surface area contributed by atoms with Crippen LogP contribution in [0.3, 0.4) is 0 Å². The van der Waals surface area contributed by atoms with Crippen molar-refractivity contribution in [3.63, 3.8) is 0 Å². The summed E-state index contributed by atoms with van der Waals surface area (Å²) in [6, 6.07) is 8.07. The van der Waals surface area contributed by atoms with Gasteiger partial charge in [-0.15, -0.1) is 12.4 Å². The molecule has 24 heavy (non-hydrogen) atoms. The Balaban J connectivity index is 0.00000529. The average Bonchev–Trinajstić information content (AvgIpc) is 2.50. The summed E-state index contributed by atoms with van der Waals surface area (Å²) in [6.07, 6.45) is 1.38. The summed E-state index contributed by atoms with van der Waals surface area (Å²) in [6.45, 7) is 7.14. The monoisotopic (exact) mass is 420 g/mol. The van der Waals surface area contributed by atoms with Gasteiger partial charge in [0.2, 0.25) is 5.91 Å². The molecule has 0 fully saturated rings. The molecule has 0 bridgehead atoms. The van der Waals surface area contributed by atoms with E-state index >= 15 is 0 Å². The number of nitrogens with two attached hydrogens (primary N) is 1. The maximum Gasteiger partial charge on any atom is 0.224 e. The van der Waals surface area contributed by atoms with Gasteiger partial charge in [0, 0.05) is 30.7 Å². The van der Waals surface area contributed by atoms with E-state index in [0.717, 1.165) is 10.0 Å². The van der Waals surface area contributed by atoms with Crippen LogP contribution in [0.2, 0.25) is 0 Å². The van der Waals surface area contributed by atoms with Gasteiger partial charge in [0.05, 0.1) is 5.54 Å². The Kier molecular flexibility index (Phi) is 10.8. The van der Waals surface area contributed by atoms with E-state index < -0.39 is 0 Å². The fourth-order valence-electron chi connectivity index (χ4n) is 2.35. The third-order valence-corrected chi connectivity index (χ3v) is 5.01. The second-order valence-corrected chi connectivity index (χ2v) is 7.49. The number of carbonyl (C=O) groups is 1. The minimum Gasteiger partial charge on any atom is -0.385 e. The molecular weight excluding hydrogens is 392 g/mol. The lowest BCUT2D eigenvalue weighted by Gasteiger charge is -2.35. The average molecular weight is 422 g/mol. The number of rotatable bonds is 9. The number of carbonyl (C=O) groups excluding carboxylic acids is 1. The first-order chi connectivity index (χ1) is 10.8. The van der Waals surface area contributed by atoms with Crippen molar-refractivity contribution in [3.05, 3.63) is 34.3 Å². The zero-order valence-corrected chi connectivity index (χ0v) is 17.4. The first-order valence-corrected chi connectivity index (χ1v) is 8.87. The molecule has 2 atom stereocenters. The lowest BCUT2D eigenvalue weighted by molar-refractivity contribution is -0.127. The van der Waals surface area contributed by atoms with Gasteiger partial charge in [-0.3, -0.25) is 4.79 Å². The predicted molar refractivity (Wildman–Crippen MR) is 106 cm³/mol. The van der Waals surface area contributed by atoms with Crippen LogP contribution in [-0.4, -0.2) is 31.7 Å². The van der Waals surface area contributed by atoms with Crippen LogP contribution in [0.4, 0.5) is 0 Å². The number of hydrogen-bond acceptors (Lipinski definition) is 3. The molecule has 3 N–H and O–H groups in total. The molecule has 1 amide bonds. The fraction of sp³-hybridized carbons (Fsp3) is 0.611. The number of ether oxygens (including phenoxy) is 1. The molecule has 0 radical (unpaired) electrons. The van der Waals surface area contributed by atoms with Crippen LogP contribution in [-0.2, 0) is 16.0 Å². The van der Waals surface area contributed by atoms with E-state index in [0.29, 0.717) is 26.0 Å². The van der Waals surface area contributed by atoms with Crippen molar-refractivity contribution < 1.29 is 9.53 Å². The molecule has 0 aliphatic heterocycles. The molecule has 1 aromatic carbocycles. The van der Waals surface area contributed by atoms with Gasteiger partial charge >= 0.3 is 0 Å². The van der Waals surface area contributed by atoms with Crippen LogP contribution in [0.25, 0.3) is 0 Å². The van der Waals surface area contributed by atoms with Gasteiger partial charge in [-0.2, -0.15) is 0 Å². The normalized spacial score (nSPS) is 14.6. The highest BCUT2D eigenvalue weighted by atomic mass is 79.9. The first kappa shape index (κ1) is 23.4. The third-order valence-electron chi connectivity index (χ3n) is 4.52. The number of nitrogens with one attached hydrogen (secondary N) is 1. The highest BCUT2D eigenvalue weighted by molar-refractivity contribution is 9.10. The molecule has 0 aromatic heterocycles. The van der Waals surface area contributed by atoms with Crippen LogP contribution < -0.4 is 11.1 Å². The molecule has 0 spiro atoms. The van der Waals surface area contributed by atoms with E-state index in [1.165, 1.54) is 0 Å². The fourth-order valence-corrected chi connectivity index (χ4v) is 2.80. The van der Waals surface area contributed by atoms with Gasteiger partial charge in [-0.25, -0.2) is 0 Å². The second-order valence-electron chi connectivity index (χ2n) is 6.58. The molecular formula is C18H30BrClN2O2. The van der Waals surface area contributed by atoms with Gasteiger partial charge in [-0.1, -0.05) is 41.9 Å². The van der Waals surface area contributed by atoms with Crippen molar-refractivity contribution in [1.29, 1.82) is 0 Å². The molecule has 0 heterocycles. The SMILES string of the molecule is COCCC(Cc1cccc(Br)c1)C(=O)NC(C)(CN)C(C)C.Cl. The second kappa shape index (κ2) is 11.1. The summed E-state index contributed by atoms with van der Waals surface area (Å²) in [7, 11) is 1.66. The Morgan fingerprint density at radius 2 is 2.08 bits per heavy atom. The lowest BCUT2D eigenvalue weighted by Crippen LogP contribution is -2.56. The summed E-state index contributed by atoms with van der Waals surface area (Å²) in [5, 5.41) is 3.16. The Labute approximate surface area is 160 Å². The quantitative estimate of drug-likeness (QED) is 0.641. The molecule has 0 saturated carbocycles. The van der Waals surface area contributed by atoms with Crippen molar-refractivity contribution in [2.24, 2.45) is 17.6 Å². The molecule has 0 aliphatic carbocycles. The van der Waals surface area contributed by atoms with Crippen LogP contribution in [0, 0.1) is 11.8 Å². The third kappa shape index (κ3) is 7.09. The van der Waals surface area contributed by atoms with Crippen LogP contribution in [0.1, 0.15) is 32.8 Å². The molecule has 6 heteroatoms. The van der Waals surface area contributed by atoms with Crippen molar-refractivity contribution >= 4 is 34.2 Å². The summed E-state index contributed by atoms with van der Waals surface area (Å²) in [4.78, 5) is 12.8. The maximum absolute atomic E-state index is 12.8. The van der Waals surface area contributed by atoms with Crippen LogP contribution >= 0.6 is 28.3 Å². The summed E-state index contributed by atoms with van der Waals surface area (Å²) in [5.41, 5.74) is 6.63. The minimum atomic E-state index is -0.389. The van der Waals surface area contributed by atoms with E-state index in [1.807, 2.05) is 25.1 Å². The number of hydrogen-bond donors (Lipinski definition) is 2. The van der Waals surface area contributed by atoms with Crippen molar-refractivity contribution in [2.45, 2.75) is 39.2 Å². The highest BCUT2D eigenvalue weighted by Gasteiger charge is 2.31. The standard InChI is InChI=1S/C18H29BrN2O2.ClH/c1-13(2)18(3,12-20)21-17(22)15(8-9-23-4)10-14-6-5-7-16(19)11-14;/h5-7,11,13,15H,8-10,12,20H2,1-4H3,(H,21,22);1H. The van der Waals surface area contributed by atoms with Crippen molar-refractivity contribution in [3.8, 4) is 0 Å². The van der Waals surface area contributed by atoms with E-state index in [-0.39, 0.29) is 35.7 Å². The number of halogens is 2. The molecule has 1 rings (SSSR count). The van der Waals surface area contributed by atoms with Crippen molar-refractivity contribution in [1.82, 2.24) is 5.32 Å². The maximum atomic E-state index is 12.8. The van der Waals surface area contributed by atoms with Gasteiger partial charge in [0.1, 0.15) is 0 Å². The van der Waals surface area contributed by atoms with Gasteiger partial charge in [-0.05, 0) is 43.4 Å². The molecule has 138 valence electrons. The highest BCUT2D eigenvalue weighted by Crippen LogP contribution is 2.20. The summed E-state index contributed by atoms with van der Waals surface area (Å²) < 4.78 is 6.20. The summed E-state index contributed by atoms with van der Waals surface area (Å²) >= 11 is 3.48. The van der Waals surface area contributed by atoms with Crippen LogP contribution in [0.5, 0.6) is 0 Å². The zero-order valence-electron chi connectivity index (χ0n) is 15.0. The van der Waals surface area contributed by atoms with E-state index in [1.54, 1.807) is 7.11 Å². The predicted octanol–water partition coefficient (Wildman–Crippen LogP) is 3.56. The number of benzene rings is 1. The van der Waals surface area contributed by atoms with Gasteiger partial charge < -0.3 is 15.8 Å².